The van der Waals surface area contributed by atoms with E-state index in [-0.39, 0.29) is 25.5 Å². The minimum Gasteiger partial charge on any atom is -0.394 e. The lowest BCUT2D eigenvalue weighted by atomic mass is 9.86. The van der Waals surface area contributed by atoms with Crippen LogP contribution in [0.1, 0.15) is 47.0 Å². The Labute approximate surface area is 414 Å². The number of hydrogen-bond donors (Lipinski definition) is 17. The second kappa shape index (κ2) is 27.6. The van der Waals surface area contributed by atoms with Crippen LogP contribution in [0.25, 0.3) is 0 Å². The van der Waals surface area contributed by atoms with Gasteiger partial charge >= 0.3 is 0 Å². The highest BCUT2D eigenvalue weighted by Crippen LogP contribution is 2.38. The Hall–Kier alpha value is -1.61. The van der Waals surface area contributed by atoms with Gasteiger partial charge in [0.25, 0.3) is 0 Å². The monoisotopic (exact) mass is 1050 g/mol. The van der Waals surface area contributed by atoms with Crippen molar-refractivity contribution >= 4 is 5.91 Å². The van der Waals surface area contributed by atoms with Crippen LogP contribution < -0.4 is 11.1 Å². The fourth-order valence-corrected chi connectivity index (χ4v) is 9.12. The summed E-state index contributed by atoms with van der Waals surface area (Å²) in [5, 5.41) is 166. The van der Waals surface area contributed by atoms with Gasteiger partial charge in [0.1, 0.15) is 128 Å². The zero-order chi connectivity index (χ0) is 53.4. The molecule has 0 aromatic carbocycles. The van der Waals surface area contributed by atoms with Crippen molar-refractivity contribution in [3.8, 4) is 0 Å². The van der Waals surface area contributed by atoms with Crippen LogP contribution in [0.5, 0.6) is 0 Å². The maximum atomic E-state index is 12.2. The molecule has 72 heavy (non-hydrogen) atoms. The standard InChI is InChI=1S/C43H78N2O27/c1-16(2)63-35-28(57)23(52)17(11-46)66-40(35)71-37-30(59)25(54)19(13-48)68-42(37)72-36-29(58)24(53)18(12-47)67-41(36)70-34-27(56)21(15-50)65-39(32(34)61)69-33-26(55)20(14-49)64-38(31(33)60)43(3,4)62-10-9-45-22(51)7-5-6-8-44/h16-21,23-42,46-50,52-61H,5-15,44H2,1-4H3,(H,45,51)/t17?,18?,19?,20-,21?,23-,24-,25+,26-,27-,28?,29?,30?,31?,32?,33?,34?,35?,36?,37?,38+,39-,40-,41-,42-/m1/s1. The summed E-state index contributed by atoms with van der Waals surface area (Å²) in [6.07, 6.45) is -44.9. The van der Waals surface area contributed by atoms with E-state index in [1.165, 1.54) is 13.8 Å². The molecule has 5 aliphatic heterocycles. The van der Waals surface area contributed by atoms with E-state index < -0.39 is 198 Å². The molecule has 18 N–H and O–H groups in total. The van der Waals surface area contributed by atoms with Crippen molar-refractivity contribution in [2.45, 2.75) is 212 Å². The number of aliphatic hydroxyl groups is 15. The first-order valence-corrected chi connectivity index (χ1v) is 24.1. The number of unbranched alkanes of at least 4 members (excludes halogenated alkanes) is 1. The second-order valence-corrected chi connectivity index (χ2v) is 19.2. The number of nitrogens with two attached hydrogens (primary N) is 1. The van der Waals surface area contributed by atoms with E-state index in [4.69, 9.17) is 57.8 Å². The molecule has 5 fully saturated rings. The Morgan fingerprint density at radius 1 is 0.514 bits per heavy atom. The number of hydrogen-bond acceptors (Lipinski definition) is 28. The van der Waals surface area contributed by atoms with Crippen LogP contribution in [-0.2, 0) is 56.9 Å². The normalized spacial score (nSPS) is 44.3. The Kier molecular flexibility index (Phi) is 23.5. The molecular weight excluding hydrogens is 976 g/mol. The first-order chi connectivity index (χ1) is 34.1. The molecule has 25 atom stereocenters. The molecule has 0 aromatic rings. The molecule has 29 heteroatoms. The fraction of sp³-hybridized carbons (Fsp3) is 0.977. The zero-order valence-corrected chi connectivity index (χ0v) is 40.5. The highest BCUT2D eigenvalue weighted by Gasteiger charge is 2.58. The molecule has 5 aliphatic rings. The van der Waals surface area contributed by atoms with Gasteiger partial charge in [-0.2, -0.15) is 0 Å². The quantitative estimate of drug-likeness (QED) is 0.0399. The Morgan fingerprint density at radius 2 is 0.903 bits per heavy atom. The SMILES string of the molecule is CC(C)OC1C(O)[C@H](O)C(CO)O[C@@H]1OC1C(O)[C@@H](O)C(CO)O[C@@H]1OC1C(O)[C@H](O)C(CO)O[C@@H]1OC1C(O)[C@@H](OC2C(O)[C@@H](C(C)(C)OCCNC(=O)CCCCN)O[C@H](CO)[C@H]2O)OC(CO)[C@H]1O. The third kappa shape index (κ3) is 14.3. The van der Waals surface area contributed by atoms with Gasteiger partial charge in [0.05, 0.1) is 51.3 Å². The van der Waals surface area contributed by atoms with E-state index in [0.29, 0.717) is 19.4 Å². The molecule has 0 bridgehead atoms. The molecule has 14 unspecified atom stereocenters. The van der Waals surface area contributed by atoms with Crippen LogP contribution in [0.15, 0.2) is 0 Å². The maximum Gasteiger partial charge on any atom is 0.220 e. The number of carbonyl (C=O) groups excluding carboxylic acids is 1. The summed E-state index contributed by atoms with van der Waals surface area (Å²) in [6.45, 7) is 2.12. The molecule has 1 amide bonds. The predicted molar refractivity (Wildman–Crippen MR) is 234 cm³/mol. The number of aliphatic hydroxyl groups excluding tert-OH is 15. The summed E-state index contributed by atoms with van der Waals surface area (Å²) in [5.74, 6) is -0.233. The average Bonchev–Trinajstić information content (AvgIpc) is 3.34. The van der Waals surface area contributed by atoms with Crippen LogP contribution in [0, 0.1) is 0 Å². The minimum atomic E-state index is -2.17. The van der Waals surface area contributed by atoms with E-state index in [1.54, 1.807) is 13.8 Å². The van der Waals surface area contributed by atoms with E-state index in [1.807, 2.05) is 0 Å². The van der Waals surface area contributed by atoms with Gasteiger partial charge in [0, 0.05) is 13.0 Å². The molecule has 29 nitrogen and oxygen atoms in total. The van der Waals surface area contributed by atoms with Gasteiger partial charge in [0.15, 0.2) is 25.2 Å². The van der Waals surface area contributed by atoms with Gasteiger partial charge < -0.3 is 140 Å². The summed E-state index contributed by atoms with van der Waals surface area (Å²) in [4.78, 5) is 12.2. The Balaban J connectivity index is 1.39. The van der Waals surface area contributed by atoms with Crippen molar-refractivity contribution in [3.05, 3.63) is 0 Å². The first kappa shape index (κ1) is 61.2. The molecule has 0 aliphatic carbocycles. The van der Waals surface area contributed by atoms with Crippen LogP contribution >= 0.6 is 0 Å². The summed E-state index contributed by atoms with van der Waals surface area (Å²) in [6, 6.07) is 0. The Bertz CT molecular complexity index is 1610. The van der Waals surface area contributed by atoms with Crippen molar-refractivity contribution in [2.75, 3.05) is 52.7 Å². The summed E-state index contributed by atoms with van der Waals surface area (Å²) in [7, 11) is 0. The van der Waals surface area contributed by atoms with Gasteiger partial charge in [-0.15, -0.1) is 0 Å². The smallest absolute Gasteiger partial charge is 0.220 e. The number of rotatable bonds is 24. The maximum absolute atomic E-state index is 12.2. The highest BCUT2D eigenvalue weighted by atomic mass is 16.8. The second-order valence-electron chi connectivity index (χ2n) is 19.2. The predicted octanol–water partition coefficient (Wildman–Crippen LogP) is -9.40. The Morgan fingerprint density at radius 3 is 1.36 bits per heavy atom. The van der Waals surface area contributed by atoms with Gasteiger partial charge in [-0.25, -0.2) is 0 Å². The largest absolute Gasteiger partial charge is 0.394 e. The molecule has 422 valence electrons. The van der Waals surface area contributed by atoms with Crippen molar-refractivity contribution in [2.24, 2.45) is 5.73 Å². The zero-order valence-electron chi connectivity index (χ0n) is 40.5. The van der Waals surface area contributed by atoms with Crippen LogP contribution in [0.2, 0.25) is 0 Å². The average molecular weight is 1060 g/mol. The van der Waals surface area contributed by atoms with Crippen molar-refractivity contribution in [3.63, 3.8) is 0 Å². The number of ether oxygens (including phenoxy) is 11. The third-order valence-corrected chi connectivity index (χ3v) is 13.2. The van der Waals surface area contributed by atoms with E-state index >= 15 is 0 Å². The van der Waals surface area contributed by atoms with E-state index in [2.05, 4.69) is 5.32 Å². The minimum absolute atomic E-state index is 0.0651. The molecular formula is C43H78N2O27. The molecule has 5 rings (SSSR count). The highest BCUT2D eigenvalue weighted by molar-refractivity contribution is 5.75. The molecule has 0 aromatic heterocycles. The van der Waals surface area contributed by atoms with Crippen LogP contribution in [0.4, 0.5) is 0 Å². The summed E-state index contributed by atoms with van der Waals surface area (Å²) < 4.78 is 64.6. The van der Waals surface area contributed by atoms with E-state index in [0.717, 1.165) is 0 Å². The molecule has 0 saturated carbocycles. The lowest BCUT2D eigenvalue weighted by Gasteiger charge is -2.51. The topological polar surface area (TPSA) is 460 Å². The first-order valence-electron chi connectivity index (χ1n) is 24.1. The summed E-state index contributed by atoms with van der Waals surface area (Å²) in [5.41, 5.74) is 4.08. The van der Waals surface area contributed by atoms with Crippen LogP contribution in [0.3, 0.4) is 0 Å². The van der Waals surface area contributed by atoms with Crippen molar-refractivity contribution in [1.29, 1.82) is 0 Å². The number of amides is 1. The molecule has 5 heterocycles. The van der Waals surface area contributed by atoms with Crippen molar-refractivity contribution in [1.82, 2.24) is 5.32 Å². The lowest BCUT2D eigenvalue weighted by molar-refractivity contribution is -0.407. The van der Waals surface area contributed by atoms with Crippen LogP contribution in [-0.4, -0.2) is 300 Å². The fourth-order valence-electron chi connectivity index (χ4n) is 9.12. The van der Waals surface area contributed by atoms with Gasteiger partial charge in [-0.3, -0.25) is 4.79 Å². The van der Waals surface area contributed by atoms with Crippen molar-refractivity contribution < 1.29 is 133 Å². The van der Waals surface area contributed by atoms with Gasteiger partial charge in [-0.1, -0.05) is 0 Å². The lowest BCUT2D eigenvalue weighted by Crippen LogP contribution is -2.69. The molecule has 5 saturated heterocycles. The third-order valence-electron chi connectivity index (χ3n) is 13.2. The van der Waals surface area contributed by atoms with E-state index in [9.17, 15) is 81.4 Å². The molecule has 0 radical (unpaired) electrons. The number of nitrogens with one attached hydrogen (secondary N) is 1. The van der Waals surface area contributed by atoms with Gasteiger partial charge in [-0.05, 0) is 47.1 Å². The summed E-state index contributed by atoms with van der Waals surface area (Å²) >= 11 is 0. The van der Waals surface area contributed by atoms with Gasteiger partial charge in [0.2, 0.25) is 5.91 Å². The molecule has 0 spiro atoms. The number of carbonyl (C=O) groups is 1.